The van der Waals surface area contributed by atoms with Crippen LogP contribution in [-0.2, 0) is 14.8 Å². The quantitative estimate of drug-likeness (QED) is 0.534. The lowest BCUT2D eigenvalue weighted by Crippen LogP contribution is -2.23. The Labute approximate surface area is 187 Å². The number of rotatable bonds is 7. The molecule has 2 aromatic carbocycles. The van der Waals surface area contributed by atoms with Crippen molar-refractivity contribution in [3.05, 3.63) is 47.5 Å². The first kappa shape index (κ1) is 23.3. The molecule has 3 aromatic rings. The van der Waals surface area contributed by atoms with Crippen LogP contribution in [0, 0.1) is 13.8 Å². The number of aromatic nitrogens is 2. The highest BCUT2D eigenvalue weighted by atomic mass is 32.2. The van der Waals surface area contributed by atoms with Gasteiger partial charge in [-0.3, -0.25) is 4.79 Å². The molecule has 1 amide bonds. The van der Waals surface area contributed by atoms with Crippen LogP contribution in [0.2, 0.25) is 0 Å². The van der Waals surface area contributed by atoms with Gasteiger partial charge < -0.3 is 9.88 Å². The van der Waals surface area contributed by atoms with Gasteiger partial charge in [0, 0.05) is 25.8 Å². The lowest BCUT2D eigenvalue weighted by atomic mass is 10.1. The molecule has 7 nitrogen and oxygen atoms in total. The van der Waals surface area contributed by atoms with Gasteiger partial charge in [-0.1, -0.05) is 23.9 Å². The number of aryl methyl sites for hydroxylation is 1. The number of hydrogen-bond donors (Lipinski definition) is 1. The molecule has 1 aromatic heterocycles. The molecule has 1 N–H and O–H groups in total. The van der Waals surface area contributed by atoms with Crippen molar-refractivity contribution in [2.24, 2.45) is 0 Å². The van der Waals surface area contributed by atoms with E-state index in [1.54, 1.807) is 6.07 Å². The number of para-hydroxylation sites is 2. The maximum atomic E-state index is 12.7. The Kier molecular flexibility index (Phi) is 6.78. The molecule has 0 spiro atoms. The van der Waals surface area contributed by atoms with Gasteiger partial charge in [0.2, 0.25) is 15.9 Å². The Morgan fingerprint density at radius 1 is 1.19 bits per heavy atom. The molecule has 0 fully saturated rings. The zero-order valence-corrected chi connectivity index (χ0v) is 20.3. The number of fused-ring (bicyclic) bond motifs is 1. The molecule has 31 heavy (non-hydrogen) atoms. The van der Waals surface area contributed by atoms with E-state index in [4.69, 9.17) is 0 Å². The minimum absolute atomic E-state index is 0.158. The third-order valence-electron chi connectivity index (χ3n) is 5.11. The Bertz CT molecular complexity index is 1230. The predicted molar refractivity (Wildman–Crippen MR) is 126 cm³/mol. The SMILES string of the molecule is Cc1cc(S(=O)(=O)N(C)C)cc(NC(=O)CSc2nc3ccccc3n2C(C)C)c1C. The van der Waals surface area contributed by atoms with Gasteiger partial charge >= 0.3 is 0 Å². The summed E-state index contributed by atoms with van der Waals surface area (Å²) in [5.74, 6) is -0.0478. The highest BCUT2D eigenvalue weighted by Gasteiger charge is 2.21. The number of imidazole rings is 1. The standard InChI is InChI=1S/C22H28N4O3S2/c1-14(2)26-20-10-8-7-9-18(20)24-22(26)30-13-21(27)23-19-12-17(11-15(3)16(19)4)31(28,29)25(5)6/h7-12,14H,13H2,1-6H3,(H,23,27). The summed E-state index contributed by atoms with van der Waals surface area (Å²) < 4.78 is 28.3. The molecule has 0 unspecified atom stereocenters. The van der Waals surface area contributed by atoms with Gasteiger partial charge in [-0.05, 0) is 63.1 Å². The first-order valence-electron chi connectivity index (χ1n) is 9.95. The van der Waals surface area contributed by atoms with Crippen LogP contribution in [0.1, 0.15) is 31.0 Å². The average molecular weight is 461 g/mol. The van der Waals surface area contributed by atoms with Crippen LogP contribution in [0.3, 0.4) is 0 Å². The van der Waals surface area contributed by atoms with Crippen LogP contribution in [0.25, 0.3) is 11.0 Å². The van der Waals surface area contributed by atoms with E-state index in [1.165, 1.54) is 31.9 Å². The zero-order chi connectivity index (χ0) is 22.9. The Hall–Kier alpha value is -2.36. The number of carbonyl (C=O) groups is 1. The van der Waals surface area contributed by atoms with E-state index in [2.05, 4.69) is 28.7 Å². The summed E-state index contributed by atoms with van der Waals surface area (Å²) in [6.45, 7) is 7.86. The molecular formula is C22H28N4O3S2. The molecule has 3 rings (SSSR count). The molecule has 0 saturated carbocycles. The minimum Gasteiger partial charge on any atom is -0.325 e. The van der Waals surface area contributed by atoms with Crippen molar-refractivity contribution < 1.29 is 13.2 Å². The maximum Gasteiger partial charge on any atom is 0.242 e. The monoisotopic (exact) mass is 460 g/mol. The summed E-state index contributed by atoms with van der Waals surface area (Å²) in [7, 11) is -0.624. The molecule has 0 radical (unpaired) electrons. The van der Waals surface area contributed by atoms with Gasteiger partial charge in [0.25, 0.3) is 0 Å². The number of hydrogen-bond acceptors (Lipinski definition) is 5. The van der Waals surface area contributed by atoms with Gasteiger partial charge in [0.15, 0.2) is 5.16 Å². The van der Waals surface area contributed by atoms with Gasteiger partial charge in [0.05, 0.1) is 21.7 Å². The average Bonchev–Trinajstić information content (AvgIpc) is 3.08. The first-order chi connectivity index (χ1) is 14.5. The number of sulfonamides is 1. The largest absolute Gasteiger partial charge is 0.325 e. The summed E-state index contributed by atoms with van der Waals surface area (Å²) >= 11 is 1.37. The van der Waals surface area contributed by atoms with Crippen LogP contribution < -0.4 is 5.32 Å². The van der Waals surface area contributed by atoms with E-state index in [0.29, 0.717) is 5.69 Å². The molecule has 0 saturated heterocycles. The Balaban J connectivity index is 1.82. The smallest absolute Gasteiger partial charge is 0.242 e. The van der Waals surface area contributed by atoms with Crippen LogP contribution in [0.4, 0.5) is 5.69 Å². The van der Waals surface area contributed by atoms with Crippen molar-refractivity contribution in [3.63, 3.8) is 0 Å². The fraction of sp³-hybridized carbons (Fsp3) is 0.364. The fourth-order valence-corrected chi connectivity index (χ4v) is 5.21. The molecule has 0 aliphatic heterocycles. The van der Waals surface area contributed by atoms with E-state index >= 15 is 0 Å². The molecule has 0 aliphatic carbocycles. The number of anilines is 1. The first-order valence-corrected chi connectivity index (χ1v) is 12.4. The van der Waals surface area contributed by atoms with Gasteiger partial charge in [0.1, 0.15) is 0 Å². The molecule has 0 atom stereocenters. The minimum atomic E-state index is -3.60. The second-order valence-corrected chi connectivity index (χ2v) is 11.0. The second kappa shape index (κ2) is 9.02. The number of nitrogens with zero attached hydrogens (tertiary/aromatic N) is 3. The molecule has 9 heteroatoms. The topological polar surface area (TPSA) is 84.3 Å². The van der Waals surface area contributed by atoms with Gasteiger partial charge in [-0.25, -0.2) is 17.7 Å². The van der Waals surface area contributed by atoms with E-state index in [-0.39, 0.29) is 22.6 Å². The van der Waals surface area contributed by atoms with Crippen molar-refractivity contribution in [2.45, 2.75) is 43.8 Å². The highest BCUT2D eigenvalue weighted by molar-refractivity contribution is 7.99. The summed E-state index contributed by atoms with van der Waals surface area (Å²) in [5, 5.41) is 3.66. The van der Waals surface area contributed by atoms with Crippen molar-refractivity contribution in [1.29, 1.82) is 0 Å². The van der Waals surface area contributed by atoms with Crippen molar-refractivity contribution in [3.8, 4) is 0 Å². The zero-order valence-electron chi connectivity index (χ0n) is 18.6. The fourth-order valence-electron chi connectivity index (χ4n) is 3.26. The van der Waals surface area contributed by atoms with Gasteiger partial charge in [-0.15, -0.1) is 0 Å². The Morgan fingerprint density at radius 3 is 2.52 bits per heavy atom. The van der Waals surface area contributed by atoms with Crippen molar-refractivity contribution in [1.82, 2.24) is 13.9 Å². The van der Waals surface area contributed by atoms with Gasteiger partial charge in [-0.2, -0.15) is 0 Å². The number of thioether (sulfide) groups is 1. The summed E-state index contributed by atoms with van der Waals surface area (Å²) in [5.41, 5.74) is 4.07. The highest BCUT2D eigenvalue weighted by Crippen LogP contribution is 2.29. The maximum absolute atomic E-state index is 12.7. The molecular weight excluding hydrogens is 432 g/mol. The molecule has 166 valence electrons. The van der Waals surface area contributed by atoms with E-state index < -0.39 is 10.0 Å². The Morgan fingerprint density at radius 2 is 1.87 bits per heavy atom. The predicted octanol–water partition coefficient (Wildman–Crippen LogP) is 4.22. The van der Waals surface area contributed by atoms with E-state index in [1.807, 2.05) is 38.1 Å². The lowest BCUT2D eigenvalue weighted by molar-refractivity contribution is -0.113. The molecule has 0 bridgehead atoms. The molecule has 0 aliphatic rings. The van der Waals surface area contributed by atoms with Crippen molar-refractivity contribution >= 4 is 44.4 Å². The van der Waals surface area contributed by atoms with Crippen molar-refractivity contribution in [2.75, 3.05) is 25.2 Å². The second-order valence-electron chi connectivity index (χ2n) is 7.88. The van der Waals surface area contributed by atoms with E-state index in [9.17, 15) is 13.2 Å². The third-order valence-corrected chi connectivity index (χ3v) is 7.85. The number of benzene rings is 2. The molecule has 1 heterocycles. The number of amides is 1. The summed E-state index contributed by atoms with van der Waals surface area (Å²) in [6.07, 6.45) is 0. The van der Waals surface area contributed by atoms with Crippen LogP contribution in [0.5, 0.6) is 0 Å². The third kappa shape index (κ3) is 4.78. The lowest BCUT2D eigenvalue weighted by Gasteiger charge is -2.16. The summed E-state index contributed by atoms with van der Waals surface area (Å²) in [6, 6.07) is 11.3. The summed E-state index contributed by atoms with van der Waals surface area (Å²) in [4.78, 5) is 17.5. The van der Waals surface area contributed by atoms with Crippen LogP contribution >= 0.6 is 11.8 Å². The number of nitrogens with one attached hydrogen (secondary N) is 1. The van der Waals surface area contributed by atoms with Crippen LogP contribution in [-0.4, -0.2) is 48.0 Å². The van der Waals surface area contributed by atoms with E-state index in [0.717, 1.165) is 31.6 Å². The van der Waals surface area contributed by atoms with Crippen LogP contribution in [0.15, 0.2) is 46.5 Å². The normalized spacial score (nSPS) is 12.1. The number of carbonyl (C=O) groups excluding carboxylic acids is 1.